The van der Waals surface area contributed by atoms with Gasteiger partial charge in [-0.25, -0.2) is 9.18 Å². The summed E-state index contributed by atoms with van der Waals surface area (Å²) in [6.07, 6.45) is 5.79. The maximum absolute atomic E-state index is 13.7. The van der Waals surface area contributed by atoms with Crippen LogP contribution in [0.3, 0.4) is 0 Å². The Morgan fingerprint density at radius 2 is 1.77 bits per heavy atom. The Balaban J connectivity index is 1.39. The molecule has 1 saturated heterocycles. The Bertz CT molecular complexity index is 833. The number of alkyl carbamates (subject to hydrolysis) is 1. The maximum atomic E-state index is 13.7. The van der Waals surface area contributed by atoms with Crippen molar-refractivity contribution in [2.45, 2.75) is 57.0 Å². The molecule has 4 saturated carbocycles. The van der Waals surface area contributed by atoms with Crippen LogP contribution in [0.4, 0.5) is 9.18 Å². The van der Waals surface area contributed by atoms with Crippen molar-refractivity contribution in [3.05, 3.63) is 35.6 Å². The fraction of sp³-hybridized carbons (Fsp3) is 0.667. The summed E-state index contributed by atoms with van der Waals surface area (Å²) in [4.78, 5) is 26.6. The summed E-state index contributed by atoms with van der Waals surface area (Å²) in [5.41, 5.74) is 1.33. The predicted octanol–water partition coefficient (Wildman–Crippen LogP) is 3.87. The van der Waals surface area contributed by atoms with Gasteiger partial charge in [-0.05, 0) is 73.0 Å². The van der Waals surface area contributed by atoms with Crippen LogP contribution in [0.15, 0.2) is 24.3 Å². The lowest BCUT2D eigenvalue weighted by Gasteiger charge is -2.65. The van der Waals surface area contributed by atoms with Crippen molar-refractivity contribution < 1.29 is 18.7 Å². The molecule has 0 spiro atoms. The highest BCUT2D eigenvalue weighted by molar-refractivity contribution is 5.79. The van der Waals surface area contributed by atoms with E-state index in [0.29, 0.717) is 36.8 Å². The van der Waals surface area contributed by atoms with Gasteiger partial charge in [-0.2, -0.15) is 0 Å². The van der Waals surface area contributed by atoms with Gasteiger partial charge in [0.2, 0.25) is 5.91 Å². The fourth-order valence-electron chi connectivity index (χ4n) is 7.40. The van der Waals surface area contributed by atoms with Gasteiger partial charge in [0.25, 0.3) is 0 Å². The van der Waals surface area contributed by atoms with Gasteiger partial charge < -0.3 is 15.0 Å². The zero-order chi connectivity index (χ0) is 21.1. The Kier molecular flexibility index (Phi) is 4.60. The monoisotopic (exact) mass is 414 g/mol. The second-order valence-electron chi connectivity index (χ2n) is 10.5. The minimum Gasteiger partial charge on any atom is -0.442 e. The lowest BCUT2D eigenvalue weighted by molar-refractivity contribution is -0.153. The Morgan fingerprint density at radius 3 is 2.33 bits per heavy atom. The molecule has 4 aliphatic carbocycles. The highest BCUT2D eigenvalue weighted by atomic mass is 19.1. The first-order valence-electron chi connectivity index (χ1n) is 11.2. The molecular formula is C24H31FN2O3. The van der Waals surface area contributed by atoms with Crippen LogP contribution in [0.5, 0.6) is 0 Å². The number of hydrogen-bond donors (Lipinski definition) is 1. The van der Waals surface area contributed by atoms with Crippen LogP contribution >= 0.6 is 0 Å². The third kappa shape index (κ3) is 3.10. The lowest BCUT2D eigenvalue weighted by Crippen LogP contribution is -2.62. The molecule has 2 unspecified atom stereocenters. The highest BCUT2D eigenvalue weighted by Gasteiger charge is 2.62. The third-order valence-corrected chi connectivity index (χ3v) is 8.46. The molecule has 6 heteroatoms. The average molecular weight is 415 g/mol. The molecule has 1 aliphatic heterocycles. The molecule has 5 fully saturated rings. The molecule has 1 N–H and O–H groups in total. The van der Waals surface area contributed by atoms with Crippen LogP contribution in [0.2, 0.25) is 0 Å². The second-order valence-corrected chi connectivity index (χ2v) is 10.5. The molecule has 0 aromatic heterocycles. The van der Waals surface area contributed by atoms with E-state index in [1.54, 1.807) is 12.1 Å². The average Bonchev–Trinajstić information content (AvgIpc) is 2.66. The summed E-state index contributed by atoms with van der Waals surface area (Å²) in [5.74, 6) is 1.62. The van der Waals surface area contributed by atoms with Crippen molar-refractivity contribution in [3.8, 4) is 0 Å². The van der Waals surface area contributed by atoms with Gasteiger partial charge in [0.15, 0.2) is 0 Å². The molecule has 2 atom stereocenters. The van der Waals surface area contributed by atoms with Crippen molar-refractivity contribution in [2.75, 3.05) is 20.1 Å². The molecule has 162 valence electrons. The Labute approximate surface area is 177 Å². The number of carbonyl (C=O) groups is 2. The first-order valence-corrected chi connectivity index (χ1v) is 11.2. The molecule has 1 aromatic carbocycles. The molecule has 0 radical (unpaired) electrons. The number of amides is 2. The van der Waals surface area contributed by atoms with Gasteiger partial charge in [0.05, 0.1) is 13.1 Å². The highest BCUT2D eigenvalue weighted by Crippen LogP contribution is 2.68. The van der Waals surface area contributed by atoms with Crippen LogP contribution in [0.25, 0.3) is 0 Å². The molecule has 5 aliphatic rings. The summed E-state index contributed by atoms with van der Waals surface area (Å²) in [5, 5.41) is 2.45. The van der Waals surface area contributed by atoms with E-state index in [4.69, 9.17) is 4.74 Å². The number of hydrogen-bond acceptors (Lipinski definition) is 3. The number of benzene rings is 1. The summed E-state index contributed by atoms with van der Waals surface area (Å²) < 4.78 is 19.0. The van der Waals surface area contributed by atoms with E-state index < -0.39 is 6.09 Å². The normalized spacial score (nSPS) is 37.0. The standard InChI is InChI=1S/C24H31FN2O3/c1-23-9-15-7-17(10-23)24(18(8-15)11-23,16-3-5-19(25)6-4-16)12-21(28)27-13-20(14-27)30-22(29)26-2/h3-6,15,17-18,20H,7-14H2,1-2H3,(H,26,29). The first-order chi connectivity index (χ1) is 14.3. The molecule has 30 heavy (non-hydrogen) atoms. The smallest absolute Gasteiger partial charge is 0.407 e. The van der Waals surface area contributed by atoms with Gasteiger partial charge in [-0.3, -0.25) is 4.79 Å². The Hall–Kier alpha value is -2.11. The third-order valence-electron chi connectivity index (χ3n) is 8.46. The van der Waals surface area contributed by atoms with Crippen molar-refractivity contribution in [1.29, 1.82) is 0 Å². The number of ether oxygens (including phenoxy) is 1. The summed E-state index contributed by atoms with van der Waals surface area (Å²) in [7, 11) is 1.53. The quantitative estimate of drug-likeness (QED) is 0.814. The van der Waals surface area contributed by atoms with E-state index in [-0.39, 0.29) is 23.2 Å². The van der Waals surface area contributed by atoms with Gasteiger partial charge >= 0.3 is 6.09 Å². The van der Waals surface area contributed by atoms with Crippen LogP contribution in [0.1, 0.15) is 51.0 Å². The number of carbonyl (C=O) groups excluding carboxylic acids is 2. The van der Waals surface area contributed by atoms with Crippen molar-refractivity contribution in [1.82, 2.24) is 10.2 Å². The molecule has 5 nitrogen and oxygen atoms in total. The summed E-state index contributed by atoms with van der Waals surface area (Å²) >= 11 is 0. The molecule has 6 rings (SSSR count). The van der Waals surface area contributed by atoms with Crippen molar-refractivity contribution in [2.24, 2.45) is 23.2 Å². The van der Waals surface area contributed by atoms with E-state index in [9.17, 15) is 14.0 Å². The number of nitrogens with one attached hydrogen (secondary N) is 1. The van der Waals surface area contributed by atoms with E-state index in [0.717, 1.165) is 24.3 Å². The summed E-state index contributed by atoms with van der Waals surface area (Å²) in [6.45, 7) is 3.34. The van der Waals surface area contributed by atoms with Crippen LogP contribution in [0, 0.1) is 29.0 Å². The second kappa shape index (κ2) is 6.96. The zero-order valence-corrected chi connectivity index (χ0v) is 17.8. The van der Waals surface area contributed by atoms with Gasteiger partial charge in [0, 0.05) is 18.9 Å². The topological polar surface area (TPSA) is 58.6 Å². The van der Waals surface area contributed by atoms with E-state index in [1.165, 1.54) is 26.3 Å². The minimum absolute atomic E-state index is 0.133. The number of likely N-dealkylation sites (tertiary alicyclic amines) is 1. The predicted molar refractivity (Wildman–Crippen MR) is 110 cm³/mol. The first kappa shape index (κ1) is 19.8. The number of nitrogens with zero attached hydrogens (tertiary/aromatic N) is 1. The van der Waals surface area contributed by atoms with E-state index >= 15 is 0 Å². The van der Waals surface area contributed by atoms with Crippen molar-refractivity contribution >= 4 is 12.0 Å². The van der Waals surface area contributed by atoms with Crippen LogP contribution in [-0.4, -0.2) is 43.1 Å². The van der Waals surface area contributed by atoms with E-state index in [1.807, 2.05) is 17.0 Å². The number of halogens is 1. The molecule has 2 amide bonds. The minimum atomic E-state index is -0.454. The van der Waals surface area contributed by atoms with Crippen LogP contribution < -0.4 is 5.32 Å². The maximum Gasteiger partial charge on any atom is 0.407 e. The van der Waals surface area contributed by atoms with Crippen LogP contribution in [-0.2, 0) is 14.9 Å². The molecular weight excluding hydrogens is 383 g/mol. The van der Waals surface area contributed by atoms with E-state index in [2.05, 4.69) is 12.2 Å². The summed E-state index contributed by atoms with van der Waals surface area (Å²) in [6, 6.07) is 6.93. The molecule has 4 bridgehead atoms. The van der Waals surface area contributed by atoms with Gasteiger partial charge in [0.1, 0.15) is 11.9 Å². The van der Waals surface area contributed by atoms with Gasteiger partial charge in [-0.1, -0.05) is 19.1 Å². The Morgan fingerprint density at radius 1 is 1.13 bits per heavy atom. The molecule has 1 heterocycles. The fourth-order valence-corrected chi connectivity index (χ4v) is 7.40. The molecule has 1 aromatic rings. The largest absolute Gasteiger partial charge is 0.442 e. The SMILES string of the molecule is CNC(=O)OC1CN(C(=O)CC2(c3ccc(F)cc3)C3CC4CC2CC(C)(C4)C3)C1. The lowest BCUT2D eigenvalue weighted by atomic mass is 9.39. The van der Waals surface area contributed by atoms with Gasteiger partial charge in [-0.15, -0.1) is 0 Å². The van der Waals surface area contributed by atoms with Crippen molar-refractivity contribution in [3.63, 3.8) is 0 Å². The number of rotatable bonds is 4. The zero-order valence-electron chi connectivity index (χ0n) is 17.8.